The summed E-state index contributed by atoms with van der Waals surface area (Å²) < 4.78 is 19.3. The van der Waals surface area contributed by atoms with Crippen molar-refractivity contribution in [3.63, 3.8) is 0 Å². The van der Waals surface area contributed by atoms with E-state index in [9.17, 15) is 4.39 Å². The van der Waals surface area contributed by atoms with Gasteiger partial charge in [-0.2, -0.15) is 0 Å². The van der Waals surface area contributed by atoms with Gasteiger partial charge in [-0.25, -0.2) is 9.37 Å². The van der Waals surface area contributed by atoms with Crippen LogP contribution in [-0.4, -0.2) is 50.3 Å². The number of aliphatic imine (C=N–C) groups is 1. The van der Waals surface area contributed by atoms with Crippen LogP contribution in [0.4, 0.5) is 10.2 Å². The van der Waals surface area contributed by atoms with Gasteiger partial charge in [0.15, 0.2) is 17.6 Å². The molecule has 1 aromatic carbocycles. The lowest BCUT2D eigenvalue weighted by atomic mass is 10.1. The Morgan fingerprint density at radius 1 is 1.37 bits per heavy atom. The van der Waals surface area contributed by atoms with Gasteiger partial charge in [-0.1, -0.05) is 18.1 Å². The lowest BCUT2D eigenvalue weighted by molar-refractivity contribution is 0.370. The minimum atomic E-state index is -0.286. The Balaban J connectivity index is 0.00000320. The number of aromatic nitrogens is 1. The van der Waals surface area contributed by atoms with Gasteiger partial charge in [-0.3, -0.25) is 4.99 Å². The molecule has 160 valence electrons. The average Bonchev–Trinajstić information content (AvgIpc) is 3.21. The molecule has 3 rings (SSSR count). The van der Waals surface area contributed by atoms with Crippen LogP contribution in [0.15, 0.2) is 47.6 Å². The minimum Gasteiger partial charge on any atom is -0.481 e. The maximum Gasteiger partial charge on any atom is 0.191 e. The number of pyridine rings is 1. The second-order valence-corrected chi connectivity index (χ2v) is 6.77. The number of hydrogen-bond acceptors (Lipinski definition) is 4. The molecule has 2 heterocycles. The first kappa shape index (κ1) is 23.7. The van der Waals surface area contributed by atoms with Gasteiger partial charge in [0.1, 0.15) is 12.4 Å². The van der Waals surface area contributed by atoms with Crippen LogP contribution in [0.1, 0.15) is 12.0 Å². The van der Waals surface area contributed by atoms with Crippen LogP contribution in [0.5, 0.6) is 5.75 Å². The summed E-state index contributed by atoms with van der Waals surface area (Å²) in [6.07, 6.45) is 8.56. The van der Waals surface area contributed by atoms with E-state index in [1.807, 2.05) is 29.2 Å². The molecule has 8 heteroatoms. The van der Waals surface area contributed by atoms with Gasteiger partial charge in [0, 0.05) is 38.9 Å². The van der Waals surface area contributed by atoms with Crippen LogP contribution in [0.2, 0.25) is 0 Å². The van der Waals surface area contributed by atoms with E-state index in [4.69, 9.17) is 11.2 Å². The highest BCUT2D eigenvalue weighted by Crippen LogP contribution is 2.20. The van der Waals surface area contributed by atoms with E-state index in [2.05, 4.69) is 26.5 Å². The van der Waals surface area contributed by atoms with Crippen LogP contribution >= 0.6 is 24.0 Å². The summed E-state index contributed by atoms with van der Waals surface area (Å²) in [6.45, 7) is 2.47. The van der Waals surface area contributed by atoms with Crippen molar-refractivity contribution in [3.05, 3.63) is 54.0 Å². The number of anilines is 1. The summed E-state index contributed by atoms with van der Waals surface area (Å²) in [7, 11) is 1.75. The zero-order valence-corrected chi connectivity index (χ0v) is 19.3. The van der Waals surface area contributed by atoms with Crippen molar-refractivity contribution in [2.75, 3.05) is 38.2 Å². The molecular weight excluding hydrogens is 496 g/mol. The van der Waals surface area contributed by atoms with Crippen LogP contribution in [0, 0.1) is 18.2 Å². The quantitative estimate of drug-likeness (QED) is 0.253. The molecular formula is C22H27FIN5O. The van der Waals surface area contributed by atoms with Crippen molar-refractivity contribution >= 4 is 35.8 Å². The Morgan fingerprint density at radius 2 is 2.17 bits per heavy atom. The highest BCUT2D eigenvalue weighted by molar-refractivity contribution is 14.0. The smallest absolute Gasteiger partial charge is 0.191 e. The first-order valence-electron chi connectivity index (χ1n) is 9.67. The first-order valence-corrected chi connectivity index (χ1v) is 9.67. The lowest BCUT2D eigenvalue weighted by Crippen LogP contribution is -2.45. The number of nitrogens with zero attached hydrogens (tertiary/aromatic N) is 3. The van der Waals surface area contributed by atoms with E-state index in [1.165, 1.54) is 11.6 Å². The van der Waals surface area contributed by atoms with Gasteiger partial charge in [-0.15, -0.1) is 30.4 Å². The Morgan fingerprint density at radius 3 is 2.87 bits per heavy atom. The Kier molecular flexibility index (Phi) is 9.67. The van der Waals surface area contributed by atoms with E-state index in [-0.39, 0.29) is 42.4 Å². The summed E-state index contributed by atoms with van der Waals surface area (Å²) in [6, 6.07) is 11.1. The molecule has 1 fully saturated rings. The third-order valence-electron chi connectivity index (χ3n) is 4.74. The Bertz CT molecular complexity index is 869. The highest BCUT2D eigenvalue weighted by Gasteiger charge is 2.25. The van der Waals surface area contributed by atoms with Gasteiger partial charge >= 0.3 is 0 Å². The number of terminal acetylenes is 1. The van der Waals surface area contributed by atoms with Crippen molar-refractivity contribution in [2.24, 2.45) is 4.99 Å². The van der Waals surface area contributed by atoms with Gasteiger partial charge in [0.25, 0.3) is 0 Å². The maximum absolute atomic E-state index is 13.9. The second kappa shape index (κ2) is 12.2. The maximum atomic E-state index is 13.9. The SMILES string of the molecule is C#CCOc1ccc(CCNC(=NC)NC2CCN(c3ncccc3F)C2)cc1.I. The zero-order valence-electron chi connectivity index (χ0n) is 17.0. The Hall–Kier alpha value is -2.54. The average molecular weight is 523 g/mol. The molecule has 0 spiro atoms. The summed E-state index contributed by atoms with van der Waals surface area (Å²) in [5.74, 6) is 4.09. The van der Waals surface area contributed by atoms with Crippen LogP contribution < -0.4 is 20.3 Å². The molecule has 0 radical (unpaired) electrons. The number of halogens is 2. The number of hydrogen-bond donors (Lipinski definition) is 2. The van der Waals surface area contributed by atoms with Gasteiger partial charge in [0.2, 0.25) is 0 Å². The lowest BCUT2D eigenvalue weighted by Gasteiger charge is -2.20. The van der Waals surface area contributed by atoms with Crippen molar-refractivity contribution in [1.82, 2.24) is 15.6 Å². The fourth-order valence-corrected chi connectivity index (χ4v) is 3.27. The van der Waals surface area contributed by atoms with E-state index < -0.39 is 0 Å². The molecule has 0 amide bonds. The number of benzene rings is 1. The summed E-state index contributed by atoms with van der Waals surface area (Å²) in [5, 5.41) is 6.74. The molecule has 0 aliphatic carbocycles. The molecule has 1 aliphatic heterocycles. The third kappa shape index (κ3) is 6.76. The number of nitrogens with one attached hydrogen (secondary N) is 2. The van der Waals surface area contributed by atoms with Crippen LogP contribution in [-0.2, 0) is 6.42 Å². The molecule has 2 aromatic rings. The van der Waals surface area contributed by atoms with E-state index in [1.54, 1.807) is 19.3 Å². The fourth-order valence-electron chi connectivity index (χ4n) is 3.27. The molecule has 1 saturated heterocycles. The van der Waals surface area contributed by atoms with E-state index >= 15 is 0 Å². The Labute approximate surface area is 194 Å². The van der Waals surface area contributed by atoms with Crippen molar-refractivity contribution < 1.29 is 9.13 Å². The number of rotatable bonds is 7. The minimum absolute atomic E-state index is 0. The van der Waals surface area contributed by atoms with Crippen LogP contribution in [0.25, 0.3) is 0 Å². The molecule has 0 bridgehead atoms. The number of guanidine groups is 1. The summed E-state index contributed by atoms with van der Waals surface area (Å²) in [5.41, 5.74) is 1.19. The van der Waals surface area contributed by atoms with Crippen molar-refractivity contribution in [2.45, 2.75) is 18.9 Å². The van der Waals surface area contributed by atoms with Gasteiger partial charge < -0.3 is 20.3 Å². The topological polar surface area (TPSA) is 61.8 Å². The molecule has 2 N–H and O–H groups in total. The normalized spacial score (nSPS) is 15.8. The molecule has 0 saturated carbocycles. The van der Waals surface area contributed by atoms with E-state index in [0.717, 1.165) is 37.6 Å². The highest BCUT2D eigenvalue weighted by atomic mass is 127. The van der Waals surface area contributed by atoms with E-state index in [0.29, 0.717) is 12.4 Å². The van der Waals surface area contributed by atoms with Crippen molar-refractivity contribution in [1.29, 1.82) is 0 Å². The third-order valence-corrected chi connectivity index (χ3v) is 4.74. The zero-order chi connectivity index (χ0) is 20.5. The van der Waals surface area contributed by atoms with Gasteiger partial charge in [-0.05, 0) is 42.7 Å². The predicted octanol–water partition coefficient (Wildman–Crippen LogP) is 2.84. The summed E-state index contributed by atoms with van der Waals surface area (Å²) >= 11 is 0. The van der Waals surface area contributed by atoms with Crippen molar-refractivity contribution in [3.8, 4) is 18.1 Å². The largest absolute Gasteiger partial charge is 0.481 e. The summed E-state index contributed by atoms with van der Waals surface area (Å²) in [4.78, 5) is 10.4. The standard InChI is InChI=1S/C22H26FN5O.HI/c1-3-15-29-19-8-6-17(7-9-19)10-13-26-22(24-2)27-18-11-14-28(16-18)21-20(23)5-4-12-25-21;/h1,4-9,12,18H,10-11,13-16H2,2H3,(H2,24,26,27);1H. The first-order chi connectivity index (χ1) is 14.2. The number of ether oxygens (including phenoxy) is 1. The molecule has 1 aliphatic rings. The van der Waals surface area contributed by atoms with Crippen LogP contribution in [0.3, 0.4) is 0 Å². The molecule has 1 atom stereocenters. The predicted molar refractivity (Wildman–Crippen MR) is 129 cm³/mol. The fraction of sp³-hybridized carbons (Fsp3) is 0.364. The molecule has 30 heavy (non-hydrogen) atoms. The monoisotopic (exact) mass is 523 g/mol. The molecule has 6 nitrogen and oxygen atoms in total. The molecule has 1 unspecified atom stereocenters. The van der Waals surface area contributed by atoms with Gasteiger partial charge in [0.05, 0.1) is 0 Å². The molecule has 1 aromatic heterocycles. The second-order valence-electron chi connectivity index (χ2n) is 6.77.